The van der Waals surface area contributed by atoms with E-state index in [0.717, 1.165) is 11.1 Å². The molecule has 0 saturated heterocycles. The van der Waals surface area contributed by atoms with E-state index in [2.05, 4.69) is 26.6 Å². The molecule has 0 saturated carbocycles. The minimum absolute atomic E-state index is 0.182. The Labute approximate surface area is 280 Å². The largest absolute Gasteiger partial charge is 0.497 e. The van der Waals surface area contributed by atoms with Crippen molar-refractivity contribution >= 4 is 29.5 Å². The van der Waals surface area contributed by atoms with E-state index in [0.29, 0.717) is 24.3 Å². The molecule has 0 aromatic heterocycles. The highest BCUT2D eigenvalue weighted by Gasteiger charge is 2.35. The first-order valence-electron chi connectivity index (χ1n) is 15.9. The zero-order valence-electron chi connectivity index (χ0n) is 27.5. The lowest BCUT2D eigenvalue weighted by Gasteiger charge is -2.29. The molecule has 0 radical (unpaired) electrons. The maximum Gasteiger partial charge on any atom is 0.255 e. The summed E-state index contributed by atoms with van der Waals surface area (Å²) in [4.78, 5) is 66.9. The lowest BCUT2D eigenvalue weighted by molar-refractivity contribution is -0.135. The van der Waals surface area contributed by atoms with Gasteiger partial charge in [-0.2, -0.15) is 0 Å². The molecular weight excluding hydrogens is 614 g/mol. The molecule has 2 atom stereocenters. The third kappa shape index (κ3) is 10.3. The van der Waals surface area contributed by atoms with Crippen molar-refractivity contribution in [3.05, 3.63) is 95.6 Å². The Kier molecular flexibility index (Phi) is 12.5. The Bertz CT molecular complexity index is 1580. The van der Waals surface area contributed by atoms with Crippen LogP contribution in [0.1, 0.15) is 48.2 Å². The number of nitrogens with one attached hydrogen (secondary N) is 5. The van der Waals surface area contributed by atoms with Gasteiger partial charge in [0.1, 0.15) is 29.1 Å². The maximum atomic E-state index is 13.5. The highest BCUT2D eigenvalue weighted by Crippen LogP contribution is 2.19. The van der Waals surface area contributed by atoms with Crippen LogP contribution in [0.15, 0.2) is 78.9 Å². The molecule has 3 aromatic rings. The molecule has 0 fully saturated rings. The summed E-state index contributed by atoms with van der Waals surface area (Å²) in [5, 5.41) is 13.8. The summed E-state index contributed by atoms with van der Waals surface area (Å²) in [6, 6.07) is 21.1. The standard InChI is InChI=1S/C36H43N5O7/c1-36(2)35(46)40-28(22-25-10-5-4-6-11-25)33(44)37-19-9-21-48-30-13-8-7-12-27(30)32(43)39-29(23-31(42)41-36)34(45)38-20-18-24-14-16-26(47-3)17-15-24/h4-8,10-17,28-29H,9,18-23H2,1-3H3,(H,37,44)(H,38,45)(H,39,43)(H,40,46)(H,41,42)/t28-,29-/m0/s1. The van der Waals surface area contributed by atoms with Crippen LogP contribution in [-0.4, -0.2) is 74.0 Å². The summed E-state index contributed by atoms with van der Waals surface area (Å²) in [7, 11) is 1.58. The maximum absolute atomic E-state index is 13.5. The minimum atomic E-state index is -1.46. The molecule has 12 nitrogen and oxygen atoms in total. The molecule has 48 heavy (non-hydrogen) atoms. The van der Waals surface area contributed by atoms with Gasteiger partial charge in [-0.1, -0.05) is 54.6 Å². The molecule has 12 heteroatoms. The molecule has 4 rings (SSSR count). The quantitative estimate of drug-likeness (QED) is 0.260. The van der Waals surface area contributed by atoms with Crippen molar-refractivity contribution in [2.75, 3.05) is 26.8 Å². The fourth-order valence-electron chi connectivity index (χ4n) is 5.10. The van der Waals surface area contributed by atoms with E-state index >= 15 is 0 Å². The fraction of sp³-hybridized carbons (Fsp3) is 0.361. The van der Waals surface area contributed by atoms with Gasteiger partial charge in [0.15, 0.2) is 0 Å². The Balaban J connectivity index is 1.54. The van der Waals surface area contributed by atoms with Crippen LogP contribution in [0.25, 0.3) is 0 Å². The van der Waals surface area contributed by atoms with E-state index in [1.54, 1.807) is 31.4 Å². The molecule has 0 bridgehead atoms. The van der Waals surface area contributed by atoms with Gasteiger partial charge in [0.2, 0.25) is 23.6 Å². The SMILES string of the molecule is COc1ccc(CCNC(=O)[C@@H]2CC(=O)NC(C)(C)C(=O)N[C@@H](Cc3ccccc3)C(=O)NCCCOc3ccccc3C(=O)N2)cc1. The number of benzene rings is 3. The molecule has 3 aromatic carbocycles. The molecule has 5 N–H and O–H groups in total. The summed E-state index contributed by atoms with van der Waals surface area (Å²) in [6.45, 7) is 3.70. The number of rotatable bonds is 7. The normalized spacial score (nSPS) is 19.1. The van der Waals surface area contributed by atoms with Gasteiger partial charge in [-0.25, -0.2) is 0 Å². The second-order valence-corrected chi connectivity index (χ2v) is 12.0. The Morgan fingerprint density at radius 1 is 0.917 bits per heavy atom. The zero-order chi connectivity index (χ0) is 34.5. The van der Waals surface area contributed by atoms with Gasteiger partial charge in [0, 0.05) is 19.5 Å². The van der Waals surface area contributed by atoms with Crippen molar-refractivity contribution in [2.45, 2.75) is 57.2 Å². The van der Waals surface area contributed by atoms with Crippen molar-refractivity contribution in [2.24, 2.45) is 0 Å². The van der Waals surface area contributed by atoms with Gasteiger partial charge in [-0.05, 0) is 62.1 Å². The van der Waals surface area contributed by atoms with Crippen molar-refractivity contribution in [1.82, 2.24) is 26.6 Å². The molecule has 1 aliphatic rings. The number of fused-ring (bicyclic) bond motifs is 1. The summed E-state index contributed by atoms with van der Waals surface area (Å²) < 4.78 is 11.1. The van der Waals surface area contributed by atoms with Crippen molar-refractivity contribution in [1.29, 1.82) is 0 Å². The number of para-hydroxylation sites is 1. The molecule has 1 heterocycles. The number of amides is 5. The summed E-state index contributed by atoms with van der Waals surface area (Å²) in [5.74, 6) is -1.80. The Morgan fingerprint density at radius 2 is 1.62 bits per heavy atom. The van der Waals surface area contributed by atoms with Crippen LogP contribution in [0.5, 0.6) is 11.5 Å². The smallest absolute Gasteiger partial charge is 0.255 e. The third-order valence-corrected chi connectivity index (χ3v) is 7.82. The number of methoxy groups -OCH3 is 1. The first-order valence-corrected chi connectivity index (χ1v) is 15.9. The van der Waals surface area contributed by atoms with Crippen molar-refractivity contribution < 1.29 is 33.4 Å². The number of carbonyl (C=O) groups is 5. The fourth-order valence-corrected chi connectivity index (χ4v) is 5.10. The van der Waals surface area contributed by atoms with E-state index in [1.165, 1.54) is 13.8 Å². The van der Waals surface area contributed by atoms with Crippen LogP contribution in [0.4, 0.5) is 0 Å². The monoisotopic (exact) mass is 657 g/mol. The van der Waals surface area contributed by atoms with E-state index in [4.69, 9.17) is 9.47 Å². The first-order chi connectivity index (χ1) is 23.1. The number of hydrogen-bond acceptors (Lipinski definition) is 7. The van der Waals surface area contributed by atoms with Gasteiger partial charge in [-0.3, -0.25) is 24.0 Å². The molecule has 0 aliphatic carbocycles. The van der Waals surface area contributed by atoms with Crippen LogP contribution in [0.2, 0.25) is 0 Å². The topological polar surface area (TPSA) is 164 Å². The van der Waals surface area contributed by atoms with Crippen LogP contribution in [0, 0.1) is 0 Å². The van der Waals surface area contributed by atoms with Gasteiger partial charge in [0.05, 0.1) is 25.7 Å². The van der Waals surface area contributed by atoms with E-state index in [-0.39, 0.29) is 37.6 Å². The molecule has 0 unspecified atom stereocenters. The molecule has 254 valence electrons. The summed E-state index contributed by atoms with van der Waals surface area (Å²) >= 11 is 0. The van der Waals surface area contributed by atoms with Gasteiger partial charge >= 0.3 is 0 Å². The minimum Gasteiger partial charge on any atom is -0.497 e. The molecule has 1 aliphatic heterocycles. The van der Waals surface area contributed by atoms with Gasteiger partial charge in [0.25, 0.3) is 5.91 Å². The van der Waals surface area contributed by atoms with Crippen molar-refractivity contribution in [3.8, 4) is 11.5 Å². The zero-order valence-corrected chi connectivity index (χ0v) is 27.5. The lowest BCUT2D eigenvalue weighted by Crippen LogP contribution is -2.60. The molecular formula is C36H43N5O7. The summed E-state index contributed by atoms with van der Waals surface area (Å²) in [6.07, 6.45) is 0.712. The second kappa shape index (κ2) is 17.0. The second-order valence-electron chi connectivity index (χ2n) is 12.0. The number of ether oxygens (including phenoxy) is 2. The lowest BCUT2D eigenvalue weighted by atomic mass is 10.00. The van der Waals surface area contributed by atoms with E-state index < -0.39 is 47.7 Å². The highest BCUT2D eigenvalue weighted by atomic mass is 16.5. The third-order valence-electron chi connectivity index (χ3n) is 7.82. The highest BCUT2D eigenvalue weighted by molar-refractivity contribution is 6.01. The van der Waals surface area contributed by atoms with Crippen LogP contribution >= 0.6 is 0 Å². The average Bonchev–Trinajstić information content (AvgIpc) is 3.07. The van der Waals surface area contributed by atoms with Crippen LogP contribution < -0.4 is 36.1 Å². The Morgan fingerprint density at radius 3 is 2.35 bits per heavy atom. The number of carbonyl (C=O) groups excluding carboxylic acids is 5. The van der Waals surface area contributed by atoms with Gasteiger partial charge < -0.3 is 36.1 Å². The van der Waals surface area contributed by atoms with Crippen LogP contribution in [0.3, 0.4) is 0 Å². The first kappa shape index (κ1) is 35.5. The molecule has 5 amide bonds. The van der Waals surface area contributed by atoms with Crippen LogP contribution in [-0.2, 0) is 32.0 Å². The van der Waals surface area contributed by atoms with Crippen molar-refractivity contribution in [3.63, 3.8) is 0 Å². The summed E-state index contributed by atoms with van der Waals surface area (Å²) in [5.41, 5.74) is 0.526. The predicted molar refractivity (Wildman–Crippen MR) is 179 cm³/mol. The molecule has 0 spiro atoms. The predicted octanol–water partition coefficient (Wildman–Crippen LogP) is 2.06. The van der Waals surface area contributed by atoms with Gasteiger partial charge in [-0.15, -0.1) is 0 Å². The Hall–Kier alpha value is -5.39. The van der Waals surface area contributed by atoms with E-state index in [1.807, 2.05) is 54.6 Å². The van der Waals surface area contributed by atoms with E-state index in [9.17, 15) is 24.0 Å². The number of hydrogen-bond donors (Lipinski definition) is 5. The average molecular weight is 658 g/mol.